The van der Waals surface area contributed by atoms with Gasteiger partial charge in [0.15, 0.2) is 5.65 Å². The van der Waals surface area contributed by atoms with Crippen molar-refractivity contribution in [1.82, 2.24) is 29.9 Å². The molecule has 1 aliphatic rings. The first kappa shape index (κ1) is 18.6. The van der Waals surface area contributed by atoms with Gasteiger partial charge in [-0.25, -0.2) is 14.5 Å². The van der Waals surface area contributed by atoms with E-state index in [0.29, 0.717) is 13.1 Å². The van der Waals surface area contributed by atoms with Crippen LogP contribution in [-0.2, 0) is 4.79 Å². The number of carbonyl (C=O) groups excluding carboxylic acids is 1. The van der Waals surface area contributed by atoms with Crippen LogP contribution in [0.25, 0.3) is 27.9 Å². The van der Waals surface area contributed by atoms with Crippen molar-refractivity contribution in [2.45, 2.75) is 33.6 Å². The van der Waals surface area contributed by atoms with Crippen molar-refractivity contribution in [3.8, 4) is 11.3 Å². The van der Waals surface area contributed by atoms with Crippen LogP contribution in [0.2, 0.25) is 0 Å². The van der Waals surface area contributed by atoms with Gasteiger partial charge in [0.25, 0.3) is 0 Å². The zero-order chi connectivity index (χ0) is 21.0. The maximum Gasteiger partial charge on any atom is 0.239 e. The highest BCUT2D eigenvalue weighted by molar-refractivity contribution is 5.91. The molecule has 8 nitrogen and oxygen atoms in total. The van der Waals surface area contributed by atoms with E-state index in [1.165, 1.54) is 11.1 Å². The van der Waals surface area contributed by atoms with E-state index in [2.05, 4.69) is 54.1 Å². The zero-order valence-electron chi connectivity index (χ0n) is 17.7. The molecule has 0 saturated carbocycles. The molecule has 5 rings (SSSR count). The molecule has 0 aromatic carbocycles. The normalized spacial score (nSPS) is 14.8. The summed E-state index contributed by atoms with van der Waals surface area (Å²) in [5.41, 5.74) is 8.47. The van der Waals surface area contributed by atoms with Gasteiger partial charge < -0.3 is 15.2 Å². The van der Waals surface area contributed by atoms with Crippen molar-refractivity contribution in [2.24, 2.45) is 0 Å². The number of H-pyrrole nitrogens is 1. The van der Waals surface area contributed by atoms with Gasteiger partial charge in [-0.3, -0.25) is 4.79 Å². The minimum absolute atomic E-state index is 0.0363. The van der Waals surface area contributed by atoms with Crippen molar-refractivity contribution in [3.63, 3.8) is 0 Å². The fourth-order valence-electron chi connectivity index (χ4n) is 4.31. The number of anilines is 1. The second-order valence-electron chi connectivity index (χ2n) is 8.23. The molecule has 0 spiro atoms. The fourth-order valence-corrected chi connectivity index (χ4v) is 4.31. The average Bonchev–Trinajstić information content (AvgIpc) is 3.34. The Morgan fingerprint density at radius 2 is 2.00 bits per heavy atom. The lowest BCUT2D eigenvalue weighted by Gasteiger charge is -2.27. The maximum atomic E-state index is 11.8. The summed E-state index contributed by atoms with van der Waals surface area (Å²) in [6.45, 7) is 10.3. The SMILES string of the molecule is Cc1c(-c2[nH]c3ccc(N4CCNC(=O)C4)nc3c2C(C)C)cn2ncnc2c1C. The minimum atomic E-state index is 0.0363. The van der Waals surface area contributed by atoms with E-state index in [0.717, 1.165) is 45.9 Å². The first-order valence-electron chi connectivity index (χ1n) is 10.3. The fraction of sp³-hybridized carbons (Fsp3) is 0.364. The standard InChI is InChI=1S/C22H25N7O/c1-12(2)19-20(15-9-29-22(24-11-25-29)14(4)13(15)3)26-16-5-6-17(27-21(16)19)28-8-7-23-18(30)10-28/h5-6,9,11-12,26H,7-8,10H2,1-4H3,(H,23,30). The smallest absolute Gasteiger partial charge is 0.239 e. The molecular weight excluding hydrogens is 378 g/mol. The lowest BCUT2D eigenvalue weighted by atomic mass is 9.95. The number of fused-ring (bicyclic) bond motifs is 2. The Hall–Kier alpha value is -3.42. The molecule has 1 fully saturated rings. The van der Waals surface area contributed by atoms with Gasteiger partial charge >= 0.3 is 0 Å². The van der Waals surface area contributed by atoms with Crippen molar-refractivity contribution in [2.75, 3.05) is 24.5 Å². The molecule has 0 radical (unpaired) electrons. The number of aryl methyl sites for hydroxylation is 1. The second kappa shape index (κ2) is 6.83. The Labute approximate surface area is 174 Å². The first-order chi connectivity index (χ1) is 14.4. The Balaban J connectivity index is 1.71. The molecule has 4 aromatic rings. The summed E-state index contributed by atoms with van der Waals surface area (Å²) in [5, 5.41) is 7.22. The van der Waals surface area contributed by atoms with E-state index in [1.807, 2.05) is 21.7 Å². The number of hydrogen-bond donors (Lipinski definition) is 2. The Bertz CT molecular complexity index is 1280. The molecule has 0 bridgehead atoms. The second-order valence-corrected chi connectivity index (χ2v) is 8.23. The van der Waals surface area contributed by atoms with Crippen LogP contribution in [0.3, 0.4) is 0 Å². The Morgan fingerprint density at radius 1 is 1.17 bits per heavy atom. The molecule has 4 aromatic heterocycles. The van der Waals surface area contributed by atoms with Gasteiger partial charge in [0, 0.05) is 30.4 Å². The van der Waals surface area contributed by atoms with Crippen molar-refractivity contribution in [3.05, 3.63) is 41.3 Å². The summed E-state index contributed by atoms with van der Waals surface area (Å²) >= 11 is 0. The number of pyridine rings is 2. The highest BCUT2D eigenvalue weighted by Crippen LogP contribution is 2.37. The number of piperazine rings is 1. The third-order valence-corrected chi connectivity index (χ3v) is 6.00. The topological polar surface area (TPSA) is 91.2 Å². The van der Waals surface area contributed by atoms with Crippen LogP contribution in [0.1, 0.15) is 36.5 Å². The Morgan fingerprint density at radius 3 is 2.77 bits per heavy atom. The van der Waals surface area contributed by atoms with Gasteiger partial charge in [0.05, 0.1) is 23.3 Å². The number of nitrogens with one attached hydrogen (secondary N) is 2. The summed E-state index contributed by atoms with van der Waals surface area (Å²) in [4.78, 5) is 26.8. The van der Waals surface area contributed by atoms with Gasteiger partial charge in [-0.1, -0.05) is 13.8 Å². The van der Waals surface area contributed by atoms with Crippen LogP contribution in [0.5, 0.6) is 0 Å². The predicted molar refractivity (Wildman–Crippen MR) is 117 cm³/mol. The molecule has 154 valence electrons. The summed E-state index contributed by atoms with van der Waals surface area (Å²) in [6, 6.07) is 4.06. The number of nitrogens with zero attached hydrogens (tertiary/aromatic N) is 5. The summed E-state index contributed by atoms with van der Waals surface area (Å²) in [7, 11) is 0. The number of aromatic nitrogens is 5. The van der Waals surface area contributed by atoms with Crippen molar-refractivity contribution >= 4 is 28.4 Å². The van der Waals surface area contributed by atoms with Gasteiger partial charge in [0.1, 0.15) is 12.1 Å². The van der Waals surface area contributed by atoms with Crippen LogP contribution in [0, 0.1) is 13.8 Å². The number of rotatable bonds is 3. The zero-order valence-corrected chi connectivity index (χ0v) is 17.7. The number of amides is 1. The molecule has 1 amide bonds. The molecule has 30 heavy (non-hydrogen) atoms. The first-order valence-corrected chi connectivity index (χ1v) is 10.3. The molecule has 8 heteroatoms. The minimum Gasteiger partial charge on any atom is -0.353 e. The van der Waals surface area contributed by atoms with E-state index in [4.69, 9.17) is 4.98 Å². The molecule has 0 aliphatic carbocycles. The summed E-state index contributed by atoms with van der Waals surface area (Å²) < 4.78 is 1.83. The molecular formula is C22H25N7O. The van der Waals surface area contributed by atoms with Crippen LogP contribution in [-0.4, -0.2) is 50.1 Å². The largest absolute Gasteiger partial charge is 0.353 e. The molecule has 1 aliphatic heterocycles. The van der Waals surface area contributed by atoms with Gasteiger partial charge in [0.2, 0.25) is 5.91 Å². The van der Waals surface area contributed by atoms with Crippen LogP contribution < -0.4 is 10.2 Å². The summed E-state index contributed by atoms with van der Waals surface area (Å²) in [6.07, 6.45) is 3.62. The number of aromatic amines is 1. The van der Waals surface area contributed by atoms with Crippen LogP contribution >= 0.6 is 0 Å². The van der Waals surface area contributed by atoms with E-state index in [-0.39, 0.29) is 11.8 Å². The maximum absolute atomic E-state index is 11.8. The lowest BCUT2D eigenvalue weighted by Crippen LogP contribution is -2.48. The lowest BCUT2D eigenvalue weighted by molar-refractivity contribution is -0.120. The van der Waals surface area contributed by atoms with E-state index < -0.39 is 0 Å². The van der Waals surface area contributed by atoms with Crippen LogP contribution in [0.15, 0.2) is 24.7 Å². The number of hydrogen-bond acceptors (Lipinski definition) is 5. The average molecular weight is 403 g/mol. The monoisotopic (exact) mass is 403 g/mol. The van der Waals surface area contributed by atoms with Crippen molar-refractivity contribution < 1.29 is 4.79 Å². The third kappa shape index (κ3) is 2.82. The molecule has 5 heterocycles. The molecule has 1 saturated heterocycles. The van der Waals surface area contributed by atoms with E-state index >= 15 is 0 Å². The molecule has 0 unspecified atom stereocenters. The van der Waals surface area contributed by atoms with Crippen molar-refractivity contribution in [1.29, 1.82) is 0 Å². The highest BCUT2D eigenvalue weighted by atomic mass is 16.2. The van der Waals surface area contributed by atoms with Gasteiger partial charge in [-0.15, -0.1) is 0 Å². The highest BCUT2D eigenvalue weighted by Gasteiger charge is 2.23. The van der Waals surface area contributed by atoms with Gasteiger partial charge in [-0.2, -0.15) is 5.10 Å². The van der Waals surface area contributed by atoms with Crippen LogP contribution in [0.4, 0.5) is 5.82 Å². The molecule has 0 atom stereocenters. The van der Waals surface area contributed by atoms with E-state index in [9.17, 15) is 4.79 Å². The molecule has 2 N–H and O–H groups in total. The quantitative estimate of drug-likeness (QED) is 0.549. The predicted octanol–water partition coefficient (Wildman–Crippen LogP) is 2.95. The third-order valence-electron chi connectivity index (χ3n) is 6.00. The summed E-state index contributed by atoms with van der Waals surface area (Å²) in [5.74, 6) is 1.14. The Kier molecular flexibility index (Phi) is 4.23. The van der Waals surface area contributed by atoms with E-state index in [1.54, 1.807) is 6.33 Å². The number of carbonyl (C=O) groups is 1. The van der Waals surface area contributed by atoms with Gasteiger partial charge in [-0.05, 0) is 43.0 Å².